The molecule has 0 spiro atoms. The van der Waals surface area contributed by atoms with Crippen molar-refractivity contribution in [3.05, 3.63) is 88.3 Å². The lowest BCUT2D eigenvalue weighted by atomic mass is 10.1. The highest BCUT2D eigenvalue weighted by atomic mass is 35.5. The van der Waals surface area contributed by atoms with Crippen LogP contribution in [0.3, 0.4) is 0 Å². The van der Waals surface area contributed by atoms with Crippen LogP contribution < -0.4 is 20.2 Å². The Morgan fingerprint density at radius 2 is 1.86 bits per heavy atom. The van der Waals surface area contributed by atoms with E-state index in [-0.39, 0.29) is 5.91 Å². The molecule has 0 saturated carbocycles. The maximum Gasteiger partial charge on any atom is 0.271 e. The van der Waals surface area contributed by atoms with Gasteiger partial charge < -0.3 is 14.8 Å². The number of carbonyl (C=O) groups excluding carboxylic acids is 1. The van der Waals surface area contributed by atoms with Crippen molar-refractivity contribution in [2.45, 2.75) is 6.92 Å². The molecule has 0 aliphatic heterocycles. The van der Waals surface area contributed by atoms with Crippen molar-refractivity contribution in [3.63, 3.8) is 0 Å². The van der Waals surface area contributed by atoms with Crippen LogP contribution in [-0.4, -0.2) is 30.8 Å². The van der Waals surface area contributed by atoms with E-state index in [1.54, 1.807) is 37.6 Å². The number of anilines is 2. The fraction of sp³-hybridized carbons (Fsp3) is 0.115. The number of rotatable bonds is 9. The standard InChI is InChI=1S/C26H23ClN4O3S/c1-3-34-23-13-4-17(14-24(23)33-2)15-28-31-25(32)19-7-5-18(6-8-19)22-16-35-26(30-22)29-21-11-9-20(27)10-12-21/h4-16H,3H2,1-2H3,(H,29,30)(H,31,32)/b28-15-. The van der Waals surface area contributed by atoms with E-state index < -0.39 is 0 Å². The molecule has 178 valence electrons. The summed E-state index contributed by atoms with van der Waals surface area (Å²) in [4.78, 5) is 17.1. The SMILES string of the molecule is CCOc1ccc(/C=N\NC(=O)c2ccc(-c3csc(Nc4ccc(Cl)cc4)n3)cc2)cc1OC. The molecule has 0 atom stereocenters. The van der Waals surface area contributed by atoms with Crippen LogP contribution in [0.4, 0.5) is 10.8 Å². The summed E-state index contributed by atoms with van der Waals surface area (Å²) >= 11 is 7.43. The third-order valence-electron chi connectivity index (χ3n) is 4.91. The first-order valence-corrected chi connectivity index (χ1v) is 12.0. The predicted octanol–water partition coefficient (Wildman–Crippen LogP) is 6.38. The maximum absolute atomic E-state index is 12.5. The van der Waals surface area contributed by atoms with Gasteiger partial charge in [-0.3, -0.25) is 4.79 Å². The van der Waals surface area contributed by atoms with Crippen molar-refractivity contribution in [2.75, 3.05) is 19.0 Å². The van der Waals surface area contributed by atoms with E-state index in [9.17, 15) is 4.79 Å². The zero-order chi connectivity index (χ0) is 24.6. The Bertz CT molecular complexity index is 1320. The van der Waals surface area contributed by atoms with Crippen LogP contribution in [0.25, 0.3) is 11.3 Å². The molecule has 1 aromatic heterocycles. The summed E-state index contributed by atoms with van der Waals surface area (Å²) in [7, 11) is 1.58. The Balaban J connectivity index is 1.36. The van der Waals surface area contributed by atoms with Crippen LogP contribution in [-0.2, 0) is 0 Å². The zero-order valence-electron chi connectivity index (χ0n) is 19.1. The van der Waals surface area contributed by atoms with Gasteiger partial charge in [0.1, 0.15) is 0 Å². The van der Waals surface area contributed by atoms with Crippen LogP contribution in [0.1, 0.15) is 22.8 Å². The van der Waals surface area contributed by atoms with E-state index in [1.807, 2.05) is 54.8 Å². The summed E-state index contributed by atoms with van der Waals surface area (Å²) in [5, 5.41) is 10.7. The summed E-state index contributed by atoms with van der Waals surface area (Å²) in [6, 6.07) is 20.1. The number of ether oxygens (including phenoxy) is 2. The number of amides is 1. The van der Waals surface area contributed by atoms with Crippen LogP contribution in [0, 0.1) is 0 Å². The van der Waals surface area contributed by atoms with Crippen molar-refractivity contribution in [1.29, 1.82) is 0 Å². The monoisotopic (exact) mass is 506 g/mol. The molecular weight excluding hydrogens is 484 g/mol. The summed E-state index contributed by atoms with van der Waals surface area (Å²) in [5.74, 6) is 0.949. The second kappa shape index (κ2) is 11.5. The number of hydrogen-bond acceptors (Lipinski definition) is 7. The molecule has 0 aliphatic rings. The van der Waals surface area contributed by atoms with Gasteiger partial charge in [0, 0.05) is 27.2 Å². The molecule has 35 heavy (non-hydrogen) atoms. The number of benzene rings is 3. The topological polar surface area (TPSA) is 84.8 Å². The van der Waals surface area contributed by atoms with E-state index >= 15 is 0 Å². The number of nitrogens with one attached hydrogen (secondary N) is 2. The van der Waals surface area contributed by atoms with E-state index in [1.165, 1.54) is 11.3 Å². The lowest BCUT2D eigenvalue weighted by molar-refractivity contribution is 0.0955. The van der Waals surface area contributed by atoms with Crippen molar-refractivity contribution in [1.82, 2.24) is 10.4 Å². The third kappa shape index (κ3) is 6.38. The molecule has 4 aromatic rings. The average molecular weight is 507 g/mol. The normalized spacial score (nSPS) is 10.8. The second-order valence-electron chi connectivity index (χ2n) is 7.29. The molecule has 0 bridgehead atoms. The minimum Gasteiger partial charge on any atom is -0.493 e. The van der Waals surface area contributed by atoms with E-state index in [0.717, 1.165) is 27.6 Å². The van der Waals surface area contributed by atoms with Gasteiger partial charge in [0.15, 0.2) is 16.6 Å². The fourth-order valence-electron chi connectivity index (χ4n) is 3.18. The van der Waals surface area contributed by atoms with Crippen molar-refractivity contribution >= 4 is 45.9 Å². The number of methoxy groups -OCH3 is 1. The molecule has 0 aliphatic carbocycles. The fourth-order valence-corrected chi connectivity index (χ4v) is 4.05. The van der Waals surface area contributed by atoms with Gasteiger partial charge in [0.05, 0.1) is 25.6 Å². The first kappa shape index (κ1) is 24.3. The lowest BCUT2D eigenvalue weighted by Crippen LogP contribution is -2.17. The number of halogens is 1. The largest absolute Gasteiger partial charge is 0.493 e. The molecule has 9 heteroatoms. The van der Waals surface area contributed by atoms with Gasteiger partial charge >= 0.3 is 0 Å². The smallest absolute Gasteiger partial charge is 0.271 e. The number of nitrogens with zero attached hydrogens (tertiary/aromatic N) is 2. The van der Waals surface area contributed by atoms with Crippen molar-refractivity contribution in [3.8, 4) is 22.8 Å². The summed E-state index contributed by atoms with van der Waals surface area (Å²) in [5.41, 5.74) is 6.44. The third-order valence-corrected chi connectivity index (χ3v) is 5.92. The van der Waals surface area contributed by atoms with Crippen molar-refractivity contribution in [2.24, 2.45) is 5.10 Å². The molecule has 1 heterocycles. The van der Waals surface area contributed by atoms with Gasteiger partial charge in [0.25, 0.3) is 5.91 Å². The highest BCUT2D eigenvalue weighted by Gasteiger charge is 2.09. The van der Waals surface area contributed by atoms with Gasteiger partial charge in [0.2, 0.25) is 0 Å². The summed E-state index contributed by atoms with van der Waals surface area (Å²) < 4.78 is 10.8. The molecule has 4 rings (SSSR count). The Hall–Kier alpha value is -3.88. The molecule has 0 radical (unpaired) electrons. The molecule has 7 nitrogen and oxygen atoms in total. The Morgan fingerprint density at radius 3 is 2.57 bits per heavy atom. The molecule has 0 unspecified atom stereocenters. The predicted molar refractivity (Wildman–Crippen MR) is 142 cm³/mol. The summed E-state index contributed by atoms with van der Waals surface area (Å²) in [6.45, 7) is 2.45. The van der Waals surface area contributed by atoms with Gasteiger partial charge in [-0.05, 0) is 67.1 Å². The number of aromatic nitrogens is 1. The molecule has 0 saturated heterocycles. The Labute approximate surface area is 212 Å². The summed E-state index contributed by atoms with van der Waals surface area (Å²) in [6.07, 6.45) is 1.55. The van der Waals surface area contributed by atoms with Gasteiger partial charge in [-0.25, -0.2) is 10.4 Å². The van der Waals surface area contributed by atoms with Crippen LogP contribution in [0.2, 0.25) is 5.02 Å². The van der Waals surface area contributed by atoms with Crippen LogP contribution in [0.5, 0.6) is 11.5 Å². The highest BCUT2D eigenvalue weighted by molar-refractivity contribution is 7.14. The molecule has 1 amide bonds. The average Bonchev–Trinajstić information content (AvgIpc) is 3.35. The molecule has 2 N–H and O–H groups in total. The second-order valence-corrected chi connectivity index (χ2v) is 8.58. The van der Waals surface area contributed by atoms with Gasteiger partial charge in [-0.1, -0.05) is 23.7 Å². The van der Waals surface area contributed by atoms with Gasteiger partial charge in [-0.15, -0.1) is 11.3 Å². The maximum atomic E-state index is 12.5. The zero-order valence-corrected chi connectivity index (χ0v) is 20.7. The Kier molecular flexibility index (Phi) is 7.97. The molecule has 3 aromatic carbocycles. The number of carbonyl (C=O) groups is 1. The van der Waals surface area contributed by atoms with E-state index in [2.05, 4.69) is 20.8 Å². The van der Waals surface area contributed by atoms with Crippen molar-refractivity contribution < 1.29 is 14.3 Å². The van der Waals surface area contributed by atoms with Crippen LogP contribution >= 0.6 is 22.9 Å². The van der Waals surface area contributed by atoms with Gasteiger partial charge in [-0.2, -0.15) is 5.10 Å². The Morgan fingerprint density at radius 1 is 1.09 bits per heavy atom. The quantitative estimate of drug-likeness (QED) is 0.203. The van der Waals surface area contributed by atoms with E-state index in [0.29, 0.717) is 28.7 Å². The number of thiazole rings is 1. The van der Waals surface area contributed by atoms with Crippen LogP contribution in [0.15, 0.2) is 77.2 Å². The van der Waals surface area contributed by atoms with E-state index in [4.69, 9.17) is 21.1 Å². The lowest BCUT2D eigenvalue weighted by Gasteiger charge is -2.09. The minimum atomic E-state index is -0.311. The first-order valence-electron chi connectivity index (χ1n) is 10.8. The minimum absolute atomic E-state index is 0.311. The highest BCUT2D eigenvalue weighted by Crippen LogP contribution is 2.28. The molecular formula is C26H23ClN4O3S. The number of hydrazone groups is 1. The first-order chi connectivity index (χ1) is 17.1. The molecule has 0 fully saturated rings. The number of hydrogen-bond donors (Lipinski definition) is 2.